The maximum absolute atomic E-state index is 4.38. The van der Waals surface area contributed by atoms with E-state index < -0.39 is 0 Å². The second-order valence-corrected chi connectivity index (χ2v) is 3.75. The summed E-state index contributed by atoms with van der Waals surface area (Å²) in [5.41, 5.74) is 5.58. The molecule has 2 aromatic rings. The molecule has 1 radical (unpaired) electrons. The van der Waals surface area contributed by atoms with Gasteiger partial charge in [0.25, 0.3) is 0 Å². The van der Waals surface area contributed by atoms with Crippen molar-refractivity contribution in [3.8, 4) is 0 Å². The number of rotatable bonds is 1. The summed E-state index contributed by atoms with van der Waals surface area (Å²) in [6.07, 6.45) is 3.56. The molecule has 0 fully saturated rings. The lowest BCUT2D eigenvalue weighted by Crippen LogP contribution is -1.94. The number of fused-ring (bicyclic) bond motifs is 1. The van der Waals surface area contributed by atoms with Crippen LogP contribution < -0.4 is 5.43 Å². The highest BCUT2D eigenvalue weighted by atomic mass is 32.1. The molecule has 1 aliphatic heterocycles. The summed E-state index contributed by atoms with van der Waals surface area (Å²) < 4.78 is 5.56. The minimum atomic E-state index is 0.849. The molecule has 0 saturated heterocycles. The topological polar surface area (TPSA) is 39.4 Å². The predicted octanol–water partition coefficient (Wildman–Crippen LogP) is 2.13. The van der Waals surface area contributed by atoms with Gasteiger partial charge in [-0.3, -0.25) is 0 Å². The number of nitrogens with zero attached hydrogens (tertiary/aromatic N) is 3. The van der Waals surface area contributed by atoms with E-state index in [1.54, 1.807) is 6.20 Å². The quantitative estimate of drug-likeness (QED) is 0.695. The van der Waals surface area contributed by atoms with Crippen molar-refractivity contribution >= 4 is 27.3 Å². The largest absolute Gasteiger partial charge is 0.190 e. The summed E-state index contributed by atoms with van der Waals surface area (Å²) in [7, 11) is 0. The Morgan fingerprint density at radius 1 is 1.14 bits per heavy atom. The van der Waals surface area contributed by atoms with Crippen LogP contribution in [0.1, 0.15) is 5.69 Å². The van der Waals surface area contributed by atoms with Gasteiger partial charge in [0.05, 0.1) is 10.9 Å². The van der Waals surface area contributed by atoms with Gasteiger partial charge < -0.3 is 0 Å². The molecule has 0 spiro atoms. The van der Waals surface area contributed by atoms with Gasteiger partial charge in [0.2, 0.25) is 0 Å². The van der Waals surface area contributed by atoms with Crippen molar-refractivity contribution in [2.75, 3.05) is 0 Å². The summed E-state index contributed by atoms with van der Waals surface area (Å²) in [6, 6.07) is 8.15. The van der Waals surface area contributed by atoms with E-state index in [2.05, 4.69) is 27.0 Å². The van der Waals surface area contributed by atoms with E-state index in [0.717, 1.165) is 16.8 Å². The fraction of sp³-hybridized carbons (Fsp3) is 0. The zero-order chi connectivity index (χ0) is 9.38. The Bertz CT molecular complexity index is 539. The van der Waals surface area contributed by atoms with Crippen LogP contribution in [0.25, 0.3) is 10.1 Å². The first-order valence-corrected chi connectivity index (χ1v) is 5.01. The molecule has 14 heavy (non-hydrogen) atoms. The molecule has 0 saturated carbocycles. The number of hydrogen-bond donors (Lipinski definition) is 0. The van der Waals surface area contributed by atoms with Crippen LogP contribution in [0, 0.1) is 0 Å². The lowest BCUT2D eigenvalue weighted by atomic mass is 10.1. The molecule has 1 aromatic carbocycles. The van der Waals surface area contributed by atoms with Crippen molar-refractivity contribution in [1.29, 1.82) is 0 Å². The van der Waals surface area contributed by atoms with Crippen molar-refractivity contribution in [3.05, 3.63) is 42.2 Å². The summed E-state index contributed by atoms with van der Waals surface area (Å²) >= 11 is 1.49. The highest BCUT2D eigenvalue weighted by molar-refractivity contribution is 7.13. The lowest BCUT2D eigenvalue weighted by Gasteiger charge is -1.91. The van der Waals surface area contributed by atoms with E-state index in [1.165, 1.54) is 16.2 Å². The van der Waals surface area contributed by atoms with E-state index in [-0.39, 0.29) is 0 Å². The zero-order valence-electron chi connectivity index (χ0n) is 7.21. The number of allylic oxidation sites excluding steroid dienone is 1. The van der Waals surface area contributed by atoms with Crippen LogP contribution >= 0.6 is 11.5 Å². The molecule has 0 amide bonds. The van der Waals surface area contributed by atoms with Crippen LogP contribution in [0.3, 0.4) is 0 Å². The second-order valence-electron chi connectivity index (χ2n) is 2.94. The van der Waals surface area contributed by atoms with Crippen molar-refractivity contribution < 1.29 is 0 Å². The van der Waals surface area contributed by atoms with Gasteiger partial charge in [-0.1, -0.05) is 18.2 Å². The molecular formula is C10H6N3S. The Morgan fingerprint density at radius 2 is 2.07 bits per heavy atom. The SMILES string of the molecule is C1=CC(c2nsc3ccccc23)=N[N]1. The third-order valence-electron chi connectivity index (χ3n) is 2.08. The van der Waals surface area contributed by atoms with E-state index >= 15 is 0 Å². The fourth-order valence-corrected chi connectivity index (χ4v) is 2.21. The second kappa shape index (κ2) is 2.92. The maximum Gasteiger partial charge on any atom is 0.115 e. The van der Waals surface area contributed by atoms with E-state index in [0.29, 0.717) is 0 Å². The van der Waals surface area contributed by atoms with Gasteiger partial charge in [-0.05, 0) is 23.7 Å². The van der Waals surface area contributed by atoms with Crippen molar-refractivity contribution in [2.24, 2.45) is 5.10 Å². The van der Waals surface area contributed by atoms with Gasteiger partial charge in [0, 0.05) is 5.39 Å². The molecule has 2 heterocycles. The third-order valence-corrected chi connectivity index (χ3v) is 2.91. The molecule has 0 bridgehead atoms. The van der Waals surface area contributed by atoms with E-state index in [4.69, 9.17) is 0 Å². The monoisotopic (exact) mass is 200 g/mol. The molecule has 3 nitrogen and oxygen atoms in total. The Balaban J connectivity index is 2.26. The first-order chi connectivity index (χ1) is 6.95. The van der Waals surface area contributed by atoms with E-state index in [9.17, 15) is 0 Å². The van der Waals surface area contributed by atoms with Crippen LogP contribution in [0.5, 0.6) is 0 Å². The van der Waals surface area contributed by atoms with Crippen LogP contribution in [0.4, 0.5) is 0 Å². The third kappa shape index (κ3) is 1.04. The zero-order valence-corrected chi connectivity index (χ0v) is 8.03. The molecule has 0 aliphatic carbocycles. The van der Waals surface area contributed by atoms with Gasteiger partial charge in [-0.2, -0.15) is 9.80 Å². The molecule has 0 unspecified atom stereocenters. The smallest absolute Gasteiger partial charge is 0.115 e. The van der Waals surface area contributed by atoms with Gasteiger partial charge in [0.15, 0.2) is 0 Å². The van der Waals surface area contributed by atoms with Crippen molar-refractivity contribution in [2.45, 2.75) is 0 Å². The average Bonchev–Trinajstić information content (AvgIpc) is 2.85. The minimum absolute atomic E-state index is 0.849. The maximum atomic E-state index is 4.38. The predicted molar refractivity (Wildman–Crippen MR) is 57.4 cm³/mol. The van der Waals surface area contributed by atoms with E-state index in [1.807, 2.05) is 18.2 Å². The summed E-state index contributed by atoms with van der Waals surface area (Å²) in [5.74, 6) is 0. The van der Waals surface area contributed by atoms with Gasteiger partial charge in [-0.15, -0.1) is 5.10 Å². The molecule has 4 heteroatoms. The van der Waals surface area contributed by atoms with Gasteiger partial charge >= 0.3 is 0 Å². The fourth-order valence-electron chi connectivity index (χ4n) is 1.43. The van der Waals surface area contributed by atoms with Crippen molar-refractivity contribution in [1.82, 2.24) is 9.80 Å². The number of hydrogen-bond acceptors (Lipinski definition) is 3. The highest BCUT2D eigenvalue weighted by Crippen LogP contribution is 2.23. The first kappa shape index (κ1) is 7.70. The molecule has 1 aromatic heterocycles. The number of aromatic nitrogens is 1. The minimum Gasteiger partial charge on any atom is -0.190 e. The van der Waals surface area contributed by atoms with Crippen LogP contribution in [0.15, 0.2) is 41.6 Å². The number of benzene rings is 1. The molecule has 3 rings (SSSR count). The normalized spacial score (nSPS) is 14.4. The summed E-state index contributed by atoms with van der Waals surface area (Å²) in [4.78, 5) is 0. The molecular weight excluding hydrogens is 194 g/mol. The summed E-state index contributed by atoms with van der Waals surface area (Å²) in [6.45, 7) is 0. The first-order valence-electron chi connectivity index (χ1n) is 4.24. The molecule has 0 N–H and O–H groups in total. The highest BCUT2D eigenvalue weighted by Gasteiger charge is 2.12. The Kier molecular flexibility index (Phi) is 1.61. The Hall–Kier alpha value is -1.68. The Labute approximate surface area is 84.9 Å². The van der Waals surface area contributed by atoms with Gasteiger partial charge in [0.1, 0.15) is 11.4 Å². The van der Waals surface area contributed by atoms with Gasteiger partial charge in [-0.25, -0.2) is 0 Å². The molecule has 0 atom stereocenters. The standard InChI is InChI=1S/C10H6N3S/c1-2-4-9-7(3-1)10(13-14-9)8-5-6-11-12-8/h1-6H. The van der Waals surface area contributed by atoms with Crippen LogP contribution in [-0.2, 0) is 0 Å². The van der Waals surface area contributed by atoms with Crippen LogP contribution in [0.2, 0.25) is 0 Å². The Morgan fingerprint density at radius 3 is 2.93 bits per heavy atom. The van der Waals surface area contributed by atoms with Crippen LogP contribution in [-0.4, -0.2) is 10.1 Å². The van der Waals surface area contributed by atoms with Crippen molar-refractivity contribution in [3.63, 3.8) is 0 Å². The summed E-state index contributed by atoms with van der Waals surface area (Å²) in [5, 5.41) is 5.15. The molecule has 1 aliphatic rings. The molecule has 67 valence electrons. The average molecular weight is 200 g/mol. The lowest BCUT2D eigenvalue weighted by molar-refractivity contribution is 0.972.